The number of ether oxygens (including phenoxy) is 2. The maximum Gasteiger partial charge on any atom is 0.243 e. The summed E-state index contributed by atoms with van der Waals surface area (Å²) in [5, 5.41) is 5.59. The van der Waals surface area contributed by atoms with Gasteiger partial charge in [0.05, 0.1) is 13.2 Å². The van der Waals surface area contributed by atoms with E-state index < -0.39 is 0 Å². The number of hydrogen-bond donors (Lipinski definition) is 2. The Bertz CT molecular complexity index is 812. The normalized spacial score (nSPS) is 11.6. The molecular formula is C29H46N2O4. The highest BCUT2D eigenvalue weighted by molar-refractivity contribution is 5.87. The first-order chi connectivity index (χ1) is 16.4. The van der Waals surface area contributed by atoms with Gasteiger partial charge >= 0.3 is 0 Å². The number of benzene rings is 1. The summed E-state index contributed by atoms with van der Waals surface area (Å²) in [7, 11) is 0. The van der Waals surface area contributed by atoms with Crippen LogP contribution in [0.25, 0.3) is 0 Å². The predicted octanol–water partition coefficient (Wildman–Crippen LogP) is 5.34. The van der Waals surface area contributed by atoms with E-state index >= 15 is 0 Å². The second kappa shape index (κ2) is 14.7. The van der Waals surface area contributed by atoms with Crippen LogP contribution in [0.5, 0.6) is 5.75 Å². The Morgan fingerprint density at radius 2 is 1.26 bits per heavy atom. The molecule has 1 rings (SSSR count). The fourth-order valence-electron chi connectivity index (χ4n) is 3.53. The number of amides is 2. The molecule has 0 aromatic heterocycles. The third-order valence-corrected chi connectivity index (χ3v) is 5.54. The van der Waals surface area contributed by atoms with Crippen LogP contribution in [0.4, 0.5) is 0 Å². The summed E-state index contributed by atoms with van der Waals surface area (Å²) < 4.78 is 12.4. The largest absolute Gasteiger partial charge is 0.493 e. The number of carbonyl (C=O) groups excluding carboxylic acids is 2. The summed E-state index contributed by atoms with van der Waals surface area (Å²) in [6.45, 7) is 23.1. The number of carbonyl (C=O) groups is 2. The second-order valence-electron chi connectivity index (χ2n) is 10.8. The Hall–Kier alpha value is -2.60. The maximum atomic E-state index is 11.3. The van der Waals surface area contributed by atoms with Crippen LogP contribution in [0.15, 0.2) is 37.4 Å². The highest BCUT2D eigenvalue weighted by atomic mass is 16.5. The monoisotopic (exact) mass is 486 g/mol. The topological polar surface area (TPSA) is 76.7 Å². The van der Waals surface area contributed by atoms with E-state index in [1.165, 1.54) is 23.3 Å². The molecule has 0 saturated carbocycles. The molecule has 0 radical (unpaired) electrons. The van der Waals surface area contributed by atoms with Gasteiger partial charge in [-0.3, -0.25) is 9.59 Å². The van der Waals surface area contributed by atoms with Gasteiger partial charge in [0.2, 0.25) is 11.8 Å². The van der Waals surface area contributed by atoms with E-state index in [0.29, 0.717) is 32.9 Å². The van der Waals surface area contributed by atoms with E-state index in [0.717, 1.165) is 37.0 Å². The van der Waals surface area contributed by atoms with Crippen molar-refractivity contribution >= 4 is 11.8 Å². The van der Waals surface area contributed by atoms with Crippen LogP contribution in [0, 0.1) is 0 Å². The summed E-state index contributed by atoms with van der Waals surface area (Å²) in [5.74, 6) is 0.673. The fourth-order valence-corrected chi connectivity index (χ4v) is 3.53. The molecule has 0 bridgehead atoms. The molecule has 1 aromatic carbocycles. The van der Waals surface area contributed by atoms with Crippen LogP contribution in [0.2, 0.25) is 0 Å². The number of hydrogen-bond acceptors (Lipinski definition) is 4. The first kappa shape index (κ1) is 30.4. The maximum absolute atomic E-state index is 11.3. The summed E-state index contributed by atoms with van der Waals surface area (Å²) in [4.78, 5) is 22.5. The van der Waals surface area contributed by atoms with Crippen molar-refractivity contribution in [3.8, 4) is 5.75 Å². The zero-order chi connectivity index (χ0) is 26.5. The molecule has 6 heteroatoms. The number of unbranched alkanes of at least 4 members (excludes halogenated alkanes) is 2. The van der Waals surface area contributed by atoms with Crippen molar-refractivity contribution in [2.45, 2.75) is 84.7 Å². The SMILES string of the molecule is C=CC(=O)NCCCCOCc1cc(C(C)(C)C)c(OCCCCNC(=O)C=C)c(C(C)(C)C)c1. The van der Waals surface area contributed by atoms with Crippen molar-refractivity contribution in [3.63, 3.8) is 0 Å². The molecular weight excluding hydrogens is 440 g/mol. The van der Waals surface area contributed by atoms with Crippen molar-refractivity contribution in [2.24, 2.45) is 0 Å². The molecule has 6 nitrogen and oxygen atoms in total. The lowest BCUT2D eigenvalue weighted by atomic mass is 9.78. The van der Waals surface area contributed by atoms with Gasteiger partial charge in [-0.15, -0.1) is 0 Å². The minimum atomic E-state index is -0.145. The van der Waals surface area contributed by atoms with E-state index in [4.69, 9.17) is 9.47 Å². The van der Waals surface area contributed by atoms with E-state index in [9.17, 15) is 9.59 Å². The van der Waals surface area contributed by atoms with Crippen molar-refractivity contribution in [2.75, 3.05) is 26.3 Å². The van der Waals surface area contributed by atoms with E-state index in [-0.39, 0.29) is 22.6 Å². The second-order valence-corrected chi connectivity index (χ2v) is 10.8. The highest BCUT2D eigenvalue weighted by Crippen LogP contribution is 2.41. The lowest BCUT2D eigenvalue weighted by Gasteiger charge is -2.30. The van der Waals surface area contributed by atoms with Gasteiger partial charge in [0.1, 0.15) is 5.75 Å². The number of rotatable bonds is 15. The van der Waals surface area contributed by atoms with Gasteiger partial charge in [-0.2, -0.15) is 0 Å². The van der Waals surface area contributed by atoms with Crippen LogP contribution >= 0.6 is 0 Å². The van der Waals surface area contributed by atoms with Gasteiger partial charge in [0, 0.05) is 30.8 Å². The average molecular weight is 487 g/mol. The van der Waals surface area contributed by atoms with Crippen LogP contribution < -0.4 is 15.4 Å². The van der Waals surface area contributed by atoms with E-state index in [1.807, 2.05) is 0 Å². The summed E-state index contributed by atoms with van der Waals surface area (Å²) >= 11 is 0. The Labute approximate surface area is 212 Å². The van der Waals surface area contributed by atoms with Gasteiger partial charge in [-0.25, -0.2) is 0 Å². The molecule has 0 spiro atoms. The molecule has 1 aromatic rings. The molecule has 2 amide bonds. The molecule has 0 saturated heterocycles. The van der Waals surface area contributed by atoms with Gasteiger partial charge in [-0.1, -0.05) is 54.7 Å². The summed E-state index contributed by atoms with van der Waals surface area (Å²) in [5.41, 5.74) is 3.31. The minimum Gasteiger partial charge on any atom is -0.493 e. The fraction of sp³-hybridized carbons (Fsp3) is 0.586. The lowest BCUT2D eigenvalue weighted by molar-refractivity contribution is -0.117. The van der Waals surface area contributed by atoms with Gasteiger partial charge in [-0.05, 0) is 66.4 Å². The van der Waals surface area contributed by atoms with Gasteiger partial charge in [0.15, 0.2) is 0 Å². The first-order valence-corrected chi connectivity index (χ1v) is 12.6. The van der Waals surface area contributed by atoms with Crippen LogP contribution in [-0.4, -0.2) is 38.1 Å². The lowest BCUT2D eigenvalue weighted by Crippen LogP contribution is -2.23. The Morgan fingerprint density at radius 3 is 1.69 bits per heavy atom. The van der Waals surface area contributed by atoms with Crippen LogP contribution in [0.1, 0.15) is 83.9 Å². The third kappa shape index (κ3) is 11.6. The standard InChI is InChI=1S/C29H46N2O4/c1-9-25(32)30-15-11-13-17-34-21-22-19-23(28(3,4)5)27(24(20-22)29(6,7)8)35-18-14-12-16-31-26(33)10-2/h9-10,19-20H,1-2,11-18,21H2,3-8H3,(H,30,32)(H,31,33). The smallest absolute Gasteiger partial charge is 0.243 e. The Kier molecular flexibility index (Phi) is 12.8. The third-order valence-electron chi connectivity index (χ3n) is 5.54. The quantitative estimate of drug-likeness (QED) is 0.259. The molecule has 0 unspecified atom stereocenters. The van der Waals surface area contributed by atoms with Gasteiger partial charge in [0.25, 0.3) is 0 Å². The summed E-state index contributed by atoms with van der Waals surface area (Å²) in [6, 6.07) is 4.42. The number of nitrogens with one attached hydrogen (secondary N) is 2. The van der Waals surface area contributed by atoms with Crippen LogP contribution in [0.3, 0.4) is 0 Å². The van der Waals surface area contributed by atoms with Crippen molar-refractivity contribution in [3.05, 3.63) is 54.1 Å². The molecule has 2 N–H and O–H groups in total. The molecule has 0 heterocycles. The van der Waals surface area contributed by atoms with Crippen molar-refractivity contribution < 1.29 is 19.1 Å². The van der Waals surface area contributed by atoms with Crippen molar-refractivity contribution in [1.82, 2.24) is 10.6 Å². The van der Waals surface area contributed by atoms with Crippen molar-refractivity contribution in [1.29, 1.82) is 0 Å². The average Bonchev–Trinajstić information content (AvgIpc) is 2.78. The summed E-state index contributed by atoms with van der Waals surface area (Å²) in [6.07, 6.45) is 6.01. The molecule has 0 aliphatic carbocycles. The first-order valence-electron chi connectivity index (χ1n) is 12.6. The Balaban J connectivity index is 2.84. The molecule has 196 valence electrons. The molecule has 35 heavy (non-hydrogen) atoms. The zero-order valence-electron chi connectivity index (χ0n) is 22.7. The highest BCUT2D eigenvalue weighted by Gasteiger charge is 2.28. The Morgan fingerprint density at radius 1 is 0.800 bits per heavy atom. The van der Waals surface area contributed by atoms with E-state index in [2.05, 4.69) is 77.5 Å². The van der Waals surface area contributed by atoms with E-state index in [1.54, 1.807) is 0 Å². The molecule has 0 aliphatic rings. The molecule has 0 aliphatic heterocycles. The van der Waals surface area contributed by atoms with Crippen LogP contribution in [-0.2, 0) is 31.8 Å². The predicted molar refractivity (Wildman–Crippen MR) is 144 cm³/mol. The minimum absolute atomic E-state index is 0.0906. The molecule has 0 fully saturated rings. The zero-order valence-corrected chi connectivity index (χ0v) is 22.7. The van der Waals surface area contributed by atoms with Gasteiger partial charge < -0.3 is 20.1 Å². The molecule has 0 atom stereocenters.